The first-order chi connectivity index (χ1) is 11.3. The predicted molar refractivity (Wildman–Crippen MR) is 84.8 cm³/mol. The maximum absolute atomic E-state index is 12.1. The summed E-state index contributed by atoms with van der Waals surface area (Å²) in [7, 11) is 0. The molecule has 1 fully saturated rings. The molecule has 0 bridgehead atoms. The van der Waals surface area contributed by atoms with E-state index < -0.39 is 12.8 Å². The van der Waals surface area contributed by atoms with Crippen LogP contribution in [0.2, 0.25) is 0 Å². The van der Waals surface area contributed by atoms with Crippen LogP contribution < -0.4 is 15.4 Å². The number of ether oxygens (including phenoxy) is 1. The summed E-state index contributed by atoms with van der Waals surface area (Å²) in [6.45, 7) is 2.53. The van der Waals surface area contributed by atoms with E-state index in [0.717, 1.165) is 31.5 Å². The molecule has 1 aromatic carbocycles. The van der Waals surface area contributed by atoms with E-state index in [2.05, 4.69) is 15.4 Å². The van der Waals surface area contributed by atoms with Gasteiger partial charge in [0.1, 0.15) is 5.75 Å². The summed E-state index contributed by atoms with van der Waals surface area (Å²) in [6, 6.07) is 6.09. The highest BCUT2D eigenvalue weighted by molar-refractivity contribution is 5.76. The second kappa shape index (κ2) is 8.37. The fraction of sp³-hybridized carbons (Fsp3) is 0.588. The summed E-state index contributed by atoms with van der Waals surface area (Å²) < 4.78 is 41.0. The normalized spacial score (nSPS) is 19.1. The van der Waals surface area contributed by atoms with E-state index >= 15 is 0 Å². The number of alkyl halides is 3. The maximum Gasteiger partial charge on any atom is 0.422 e. The maximum atomic E-state index is 12.1. The molecule has 24 heavy (non-hydrogen) atoms. The van der Waals surface area contributed by atoms with Crippen molar-refractivity contribution in [1.29, 1.82) is 0 Å². The molecule has 0 radical (unpaired) electrons. The van der Waals surface area contributed by atoms with E-state index in [4.69, 9.17) is 0 Å². The van der Waals surface area contributed by atoms with Crippen molar-refractivity contribution in [3.05, 3.63) is 29.8 Å². The lowest BCUT2D eigenvalue weighted by Gasteiger charge is -2.16. The Morgan fingerprint density at radius 3 is 2.67 bits per heavy atom. The van der Waals surface area contributed by atoms with Gasteiger partial charge in [0, 0.05) is 6.42 Å². The third-order valence-electron chi connectivity index (χ3n) is 4.10. The quantitative estimate of drug-likeness (QED) is 0.799. The van der Waals surface area contributed by atoms with Gasteiger partial charge in [-0.25, -0.2) is 0 Å². The molecule has 1 amide bonds. The van der Waals surface area contributed by atoms with Crippen molar-refractivity contribution in [3.8, 4) is 5.75 Å². The van der Waals surface area contributed by atoms with Crippen molar-refractivity contribution in [2.24, 2.45) is 5.92 Å². The number of amides is 1. The topological polar surface area (TPSA) is 50.4 Å². The Hall–Kier alpha value is -1.76. The minimum atomic E-state index is -4.35. The largest absolute Gasteiger partial charge is 0.484 e. The lowest BCUT2D eigenvalue weighted by atomic mass is 10.0. The van der Waals surface area contributed by atoms with Gasteiger partial charge in [0.2, 0.25) is 5.91 Å². The zero-order valence-corrected chi connectivity index (χ0v) is 13.7. The molecule has 7 heteroatoms. The molecule has 2 rings (SSSR count). The van der Waals surface area contributed by atoms with Crippen molar-refractivity contribution < 1.29 is 22.7 Å². The molecule has 0 saturated carbocycles. The summed E-state index contributed by atoms with van der Waals surface area (Å²) in [5, 5.41) is 6.19. The molecular weight excluding hydrogens is 321 g/mol. The van der Waals surface area contributed by atoms with Crippen LogP contribution in [0.5, 0.6) is 5.75 Å². The Morgan fingerprint density at radius 1 is 1.38 bits per heavy atom. The summed E-state index contributed by atoms with van der Waals surface area (Å²) in [6.07, 6.45) is -1.88. The fourth-order valence-electron chi connectivity index (χ4n) is 2.71. The molecule has 0 aliphatic carbocycles. The molecular formula is C17H23F3N2O2. The number of hydrogen-bond acceptors (Lipinski definition) is 3. The summed E-state index contributed by atoms with van der Waals surface area (Å²) in [5.41, 5.74) is 0.824. The summed E-state index contributed by atoms with van der Waals surface area (Å²) in [4.78, 5) is 12.0. The number of rotatable bonds is 7. The standard InChI is InChI=1S/C17H23F3N2O2/c1-12(22-16(23)7-2-13-8-9-21-10-13)14-3-5-15(6-4-14)24-11-17(18,19)20/h3-6,12-13,21H,2,7-11H2,1H3,(H,22,23). The highest BCUT2D eigenvalue weighted by Gasteiger charge is 2.28. The second-order valence-electron chi connectivity index (χ2n) is 6.16. The molecule has 1 aromatic rings. The van der Waals surface area contributed by atoms with Gasteiger partial charge >= 0.3 is 6.18 Å². The molecule has 4 nitrogen and oxygen atoms in total. The minimum Gasteiger partial charge on any atom is -0.484 e. The number of hydrogen-bond donors (Lipinski definition) is 2. The molecule has 2 N–H and O–H groups in total. The first kappa shape index (κ1) is 18.6. The molecule has 2 unspecified atom stereocenters. The Balaban J connectivity index is 1.76. The molecule has 134 valence electrons. The highest BCUT2D eigenvalue weighted by atomic mass is 19.4. The Labute approximate surface area is 139 Å². The molecule has 0 aromatic heterocycles. The van der Waals surface area contributed by atoms with Gasteiger partial charge < -0.3 is 15.4 Å². The average Bonchev–Trinajstić information content (AvgIpc) is 3.04. The van der Waals surface area contributed by atoms with Crippen LogP contribution in [0.15, 0.2) is 24.3 Å². The van der Waals surface area contributed by atoms with E-state index in [9.17, 15) is 18.0 Å². The van der Waals surface area contributed by atoms with Gasteiger partial charge in [0.05, 0.1) is 6.04 Å². The van der Waals surface area contributed by atoms with Gasteiger partial charge in [-0.1, -0.05) is 12.1 Å². The first-order valence-corrected chi connectivity index (χ1v) is 8.13. The lowest BCUT2D eigenvalue weighted by Crippen LogP contribution is -2.27. The van der Waals surface area contributed by atoms with Crippen LogP contribution in [-0.2, 0) is 4.79 Å². The van der Waals surface area contributed by atoms with Crippen molar-refractivity contribution in [2.75, 3.05) is 19.7 Å². The third kappa shape index (κ3) is 6.39. The molecule has 1 aliphatic heterocycles. The third-order valence-corrected chi connectivity index (χ3v) is 4.10. The first-order valence-electron chi connectivity index (χ1n) is 8.13. The molecule has 1 saturated heterocycles. The van der Waals surface area contributed by atoms with Gasteiger partial charge in [-0.05, 0) is 56.5 Å². The van der Waals surface area contributed by atoms with Gasteiger partial charge in [-0.3, -0.25) is 4.79 Å². The number of halogens is 3. The zero-order chi connectivity index (χ0) is 17.6. The van der Waals surface area contributed by atoms with E-state index in [-0.39, 0.29) is 17.7 Å². The molecule has 1 heterocycles. The van der Waals surface area contributed by atoms with E-state index in [1.807, 2.05) is 6.92 Å². The van der Waals surface area contributed by atoms with Gasteiger partial charge in [-0.15, -0.1) is 0 Å². The zero-order valence-electron chi connectivity index (χ0n) is 13.7. The summed E-state index contributed by atoms with van der Waals surface area (Å²) >= 11 is 0. The van der Waals surface area contributed by atoms with Crippen LogP contribution in [0.1, 0.15) is 37.8 Å². The molecule has 0 spiro atoms. The number of carbonyl (C=O) groups is 1. The Morgan fingerprint density at radius 2 is 2.08 bits per heavy atom. The lowest BCUT2D eigenvalue weighted by molar-refractivity contribution is -0.153. The average molecular weight is 344 g/mol. The van der Waals surface area contributed by atoms with Gasteiger partial charge in [0.25, 0.3) is 0 Å². The van der Waals surface area contributed by atoms with Crippen LogP contribution in [0.4, 0.5) is 13.2 Å². The summed E-state index contributed by atoms with van der Waals surface area (Å²) in [5.74, 6) is 0.714. The number of nitrogens with one attached hydrogen (secondary N) is 2. The van der Waals surface area contributed by atoms with Crippen LogP contribution in [0, 0.1) is 5.92 Å². The highest BCUT2D eigenvalue weighted by Crippen LogP contribution is 2.21. The van der Waals surface area contributed by atoms with E-state index in [1.165, 1.54) is 12.1 Å². The molecule has 2 atom stereocenters. The van der Waals surface area contributed by atoms with Crippen molar-refractivity contribution in [1.82, 2.24) is 10.6 Å². The van der Waals surface area contributed by atoms with E-state index in [0.29, 0.717) is 12.3 Å². The monoisotopic (exact) mass is 344 g/mol. The molecule has 1 aliphatic rings. The van der Waals surface area contributed by atoms with Crippen LogP contribution >= 0.6 is 0 Å². The number of carbonyl (C=O) groups excluding carboxylic acids is 1. The smallest absolute Gasteiger partial charge is 0.422 e. The minimum absolute atomic E-state index is 0.00759. The van der Waals surface area contributed by atoms with Crippen molar-refractivity contribution in [3.63, 3.8) is 0 Å². The van der Waals surface area contributed by atoms with Crippen LogP contribution in [-0.4, -0.2) is 31.8 Å². The van der Waals surface area contributed by atoms with Crippen LogP contribution in [0.3, 0.4) is 0 Å². The SMILES string of the molecule is CC(NC(=O)CCC1CCNC1)c1ccc(OCC(F)(F)F)cc1. The van der Waals surface area contributed by atoms with Gasteiger partial charge in [-0.2, -0.15) is 13.2 Å². The number of benzene rings is 1. The van der Waals surface area contributed by atoms with Crippen molar-refractivity contribution in [2.45, 2.75) is 38.4 Å². The van der Waals surface area contributed by atoms with Gasteiger partial charge in [0.15, 0.2) is 6.61 Å². The van der Waals surface area contributed by atoms with E-state index in [1.54, 1.807) is 12.1 Å². The Kier molecular flexibility index (Phi) is 6.48. The fourth-order valence-corrected chi connectivity index (χ4v) is 2.71. The predicted octanol–water partition coefficient (Wildman–Crippen LogP) is 3.19. The van der Waals surface area contributed by atoms with Crippen molar-refractivity contribution >= 4 is 5.91 Å². The Bertz CT molecular complexity index is 526. The van der Waals surface area contributed by atoms with Crippen LogP contribution in [0.25, 0.3) is 0 Å². The second-order valence-corrected chi connectivity index (χ2v) is 6.16.